The van der Waals surface area contributed by atoms with Gasteiger partial charge in [0, 0.05) is 24.0 Å². The molecule has 0 aliphatic carbocycles. The highest BCUT2D eigenvalue weighted by Crippen LogP contribution is 2.27. The lowest BCUT2D eigenvalue weighted by atomic mass is 10.0. The number of nitrogens with two attached hydrogens (primary N) is 1. The molecule has 3 nitrogen and oxygen atoms in total. The van der Waals surface area contributed by atoms with Gasteiger partial charge in [0.05, 0.1) is 6.61 Å². The Balaban J connectivity index is 1.95. The van der Waals surface area contributed by atoms with E-state index in [1.165, 1.54) is 11.6 Å². The van der Waals surface area contributed by atoms with Crippen LogP contribution in [0.15, 0.2) is 36.7 Å². The van der Waals surface area contributed by atoms with E-state index in [0.717, 1.165) is 12.8 Å². The van der Waals surface area contributed by atoms with Crippen LogP contribution in [0.1, 0.15) is 36.1 Å². The van der Waals surface area contributed by atoms with E-state index in [0.29, 0.717) is 23.5 Å². The van der Waals surface area contributed by atoms with Gasteiger partial charge in [0.25, 0.3) is 0 Å². The molecule has 21 heavy (non-hydrogen) atoms. The molecule has 0 unspecified atom stereocenters. The van der Waals surface area contributed by atoms with Crippen molar-refractivity contribution < 1.29 is 9.13 Å². The largest absolute Gasteiger partial charge is 0.493 e. The molecule has 1 aromatic carbocycles. The van der Waals surface area contributed by atoms with Gasteiger partial charge < -0.3 is 10.5 Å². The lowest BCUT2D eigenvalue weighted by Gasteiger charge is -2.15. The monoisotopic (exact) mass is 288 g/mol. The Morgan fingerprint density at radius 1 is 1.29 bits per heavy atom. The number of aromatic nitrogens is 1. The van der Waals surface area contributed by atoms with Crippen molar-refractivity contribution in [2.45, 2.75) is 32.7 Å². The van der Waals surface area contributed by atoms with Gasteiger partial charge in [0.1, 0.15) is 11.6 Å². The van der Waals surface area contributed by atoms with E-state index >= 15 is 0 Å². The molecule has 1 heterocycles. The molecule has 0 aliphatic rings. The zero-order valence-electron chi connectivity index (χ0n) is 12.5. The second kappa shape index (κ2) is 7.18. The van der Waals surface area contributed by atoms with Crippen molar-refractivity contribution >= 4 is 0 Å². The van der Waals surface area contributed by atoms with Crippen molar-refractivity contribution in [1.82, 2.24) is 4.98 Å². The van der Waals surface area contributed by atoms with Crippen LogP contribution in [0.3, 0.4) is 0 Å². The Kier molecular flexibility index (Phi) is 5.28. The predicted molar refractivity (Wildman–Crippen MR) is 81.8 cm³/mol. The summed E-state index contributed by atoms with van der Waals surface area (Å²) < 4.78 is 19.4. The molecule has 112 valence electrons. The van der Waals surface area contributed by atoms with Gasteiger partial charge in [-0.25, -0.2) is 4.39 Å². The Morgan fingerprint density at radius 2 is 2.00 bits per heavy atom. The molecule has 0 bridgehead atoms. The second-order valence-electron chi connectivity index (χ2n) is 5.24. The van der Waals surface area contributed by atoms with Crippen molar-refractivity contribution in [2.75, 3.05) is 6.61 Å². The molecule has 0 radical (unpaired) electrons. The van der Waals surface area contributed by atoms with Gasteiger partial charge in [-0.15, -0.1) is 0 Å². The summed E-state index contributed by atoms with van der Waals surface area (Å²) in [6.07, 6.45) is 5.39. The van der Waals surface area contributed by atoms with Crippen molar-refractivity contribution in [3.05, 3.63) is 59.2 Å². The summed E-state index contributed by atoms with van der Waals surface area (Å²) in [4.78, 5) is 3.99. The molecule has 0 saturated carbocycles. The molecule has 2 N–H and O–H groups in total. The third kappa shape index (κ3) is 4.26. The summed E-state index contributed by atoms with van der Waals surface area (Å²) in [6, 6.07) is 6.93. The molecule has 0 saturated heterocycles. The first kappa shape index (κ1) is 15.4. The Bertz CT molecular complexity index is 585. The maximum absolute atomic E-state index is 13.6. The van der Waals surface area contributed by atoms with Gasteiger partial charge in [-0.3, -0.25) is 4.98 Å². The van der Waals surface area contributed by atoms with E-state index in [1.807, 2.05) is 19.1 Å². The fraction of sp³-hybridized carbons (Fsp3) is 0.353. The highest BCUT2D eigenvalue weighted by atomic mass is 19.1. The van der Waals surface area contributed by atoms with Gasteiger partial charge in [-0.1, -0.05) is 0 Å². The van der Waals surface area contributed by atoms with Crippen molar-refractivity contribution in [3.63, 3.8) is 0 Å². The number of halogens is 1. The van der Waals surface area contributed by atoms with E-state index in [2.05, 4.69) is 4.98 Å². The van der Waals surface area contributed by atoms with Crippen LogP contribution >= 0.6 is 0 Å². The van der Waals surface area contributed by atoms with Gasteiger partial charge in [-0.05, 0) is 62.1 Å². The molecule has 1 atom stereocenters. The fourth-order valence-electron chi connectivity index (χ4n) is 2.16. The molecule has 4 heteroatoms. The minimum Gasteiger partial charge on any atom is -0.493 e. The second-order valence-corrected chi connectivity index (χ2v) is 5.24. The molecule has 0 amide bonds. The van der Waals surface area contributed by atoms with Crippen LogP contribution in [0, 0.1) is 12.7 Å². The minimum atomic E-state index is -0.254. The third-order valence-corrected chi connectivity index (χ3v) is 3.40. The number of rotatable bonds is 6. The fourth-order valence-corrected chi connectivity index (χ4v) is 2.16. The summed E-state index contributed by atoms with van der Waals surface area (Å²) in [6.45, 7) is 4.13. The first-order chi connectivity index (χ1) is 10.1. The molecule has 2 rings (SSSR count). The van der Waals surface area contributed by atoms with Crippen LogP contribution in [0.25, 0.3) is 0 Å². The number of pyridine rings is 1. The van der Waals surface area contributed by atoms with Crippen LogP contribution in [0.5, 0.6) is 5.75 Å². The first-order valence-electron chi connectivity index (χ1n) is 7.15. The molecule has 0 aliphatic heterocycles. The number of nitrogens with zero attached hydrogens (tertiary/aromatic N) is 1. The van der Waals surface area contributed by atoms with Crippen LogP contribution < -0.4 is 10.5 Å². The maximum Gasteiger partial charge on any atom is 0.126 e. The number of aryl methyl sites for hydroxylation is 2. The topological polar surface area (TPSA) is 48.1 Å². The summed E-state index contributed by atoms with van der Waals surface area (Å²) >= 11 is 0. The van der Waals surface area contributed by atoms with E-state index in [-0.39, 0.29) is 11.9 Å². The van der Waals surface area contributed by atoms with Crippen molar-refractivity contribution in [2.24, 2.45) is 5.73 Å². The van der Waals surface area contributed by atoms with Crippen molar-refractivity contribution in [3.8, 4) is 5.75 Å². The third-order valence-electron chi connectivity index (χ3n) is 3.40. The Hall–Kier alpha value is -1.94. The number of benzene rings is 1. The Morgan fingerprint density at radius 3 is 2.67 bits per heavy atom. The normalized spacial score (nSPS) is 12.2. The molecule has 0 spiro atoms. The van der Waals surface area contributed by atoms with E-state index in [1.54, 1.807) is 25.4 Å². The zero-order valence-corrected chi connectivity index (χ0v) is 12.5. The average molecular weight is 288 g/mol. The Labute approximate surface area is 125 Å². The SMILES string of the molecule is Cc1cc(OCCCc2ccncc2)c([C@@H](C)N)cc1F. The summed E-state index contributed by atoms with van der Waals surface area (Å²) in [7, 11) is 0. The zero-order chi connectivity index (χ0) is 15.2. The van der Waals surface area contributed by atoms with Gasteiger partial charge in [0.2, 0.25) is 0 Å². The van der Waals surface area contributed by atoms with Crippen LogP contribution in [-0.4, -0.2) is 11.6 Å². The molecular formula is C17H21FN2O. The minimum absolute atomic E-state index is 0.244. The smallest absolute Gasteiger partial charge is 0.126 e. The number of ether oxygens (including phenoxy) is 1. The van der Waals surface area contributed by atoms with Gasteiger partial charge in [0.15, 0.2) is 0 Å². The molecular weight excluding hydrogens is 267 g/mol. The van der Waals surface area contributed by atoms with Crippen LogP contribution in [0.2, 0.25) is 0 Å². The molecule has 0 fully saturated rings. The van der Waals surface area contributed by atoms with Crippen molar-refractivity contribution in [1.29, 1.82) is 0 Å². The number of hydrogen-bond acceptors (Lipinski definition) is 3. The maximum atomic E-state index is 13.6. The highest BCUT2D eigenvalue weighted by molar-refractivity contribution is 5.39. The van der Waals surface area contributed by atoms with E-state index in [4.69, 9.17) is 10.5 Å². The summed E-state index contributed by atoms with van der Waals surface area (Å²) in [5, 5.41) is 0. The lowest BCUT2D eigenvalue weighted by molar-refractivity contribution is 0.305. The highest BCUT2D eigenvalue weighted by Gasteiger charge is 2.12. The molecule has 2 aromatic rings. The van der Waals surface area contributed by atoms with E-state index in [9.17, 15) is 4.39 Å². The molecule has 1 aromatic heterocycles. The van der Waals surface area contributed by atoms with Gasteiger partial charge in [-0.2, -0.15) is 0 Å². The van der Waals surface area contributed by atoms with Crippen LogP contribution in [-0.2, 0) is 6.42 Å². The van der Waals surface area contributed by atoms with E-state index < -0.39 is 0 Å². The predicted octanol–water partition coefficient (Wildman–Crippen LogP) is 3.56. The standard InChI is InChI=1S/C17H21FN2O/c1-12-10-17(15(13(2)19)11-16(12)18)21-9-3-4-14-5-7-20-8-6-14/h5-8,10-11,13H,3-4,9,19H2,1-2H3/t13-/m1/s1. The van der Waals surface area contributed by atoms with Gasteiger partial charge >= 0.3 is 0 Å². The average Bonchev–Trinajstić information content (AvgIpc) is 2.47. The number of hydrogen-bond donors (Lipinski definition) is 1. The first-order valence-corrected chi connectivity index (χ1v) is 7.15. The quantitative estimate of drug-likeness (QED) is 0.827. The summed E-state index contributed by atoms with van der Waals surface area (Å²) in [5.41, 5.74) is 8.39. The van der Waals surface area contributed by atoms with Crippen LogP contribution in [0.4, 0.5) is 4.39 Å². The lowest BCUT2D eigenvalue weighted by Crippen LogP contribution is -2.10. The summed E-state index contributed by atoms with van der Waals surface area (Å²) in [5.74, 6) is 0.435.